The number of aromatic nitrogens is 2. The van der Waals surface area contributed by atoms with Crippen molar-refractivity contribution in [2.45, 2.75) is 22.8 Å². The van der Waals surface area contributed by atoms with Crippen LogP contribution in [0.5, 0.6) is 0 Å². The number of nitrogens with two attached hydrogens (primary N) is 1. The number of hydrogen-bond donors (Lipinski definition) is 2. The van der Waals surface area contributed by atoms with E-state index in [2.05, 4.69) is 4.98 Å². The second kappa shape index (κ2) is 7.59. The van der Waals surface area contributed by atoms with E-state index >= 15 is 0 Å². The summed E-state index contributed by atoms with van der Waals surface area (Å²) in [7, 11) is -3.61. The largest absolute Gasteiger partial charge is 0.422 e. The Morgan fingerprint density at radius 3 is 1.75 bits per heavy atom. The Bertz CT molecular complexity index is 1220. The van der Waals surface area contributed by atoms with Crippen LogP contribution in [0, 0.1) is 5.82 Å². The predicted molar refractivity (Wildman–Crippen MR) is 101 cm³/mol. The number of benzene rings is 2. The molecule has 0 radical (unpaired) electrons. The van der Waals surface area contributed by atoms with Gasteiger partial charge in [0.25, 0.3) is 5.54 Å². The molecule has 5 nitrogen and oxygen atoms in total. The molecule has 0 aliphatic rings. The third-order valence-corrected chi connectivity index (χ3v) is 5.79. The molecular weight excluding hydrogens is 467 g/mol. The third kappa shape index (κ3) is 4.09. The summed E-state index contributed by atoms with van der Waals surface area (Å²) in [5.74, 6) is -2.31. The van der Waals surface area contributed by atoms with Crippen LogP contribution in [0.1, 0.15) is 5.82 Å². The summed E-state index contributed by atoms with van der Waals surface area (Å²) in [4.78, 5) is 5.38. The van der Waals surface area contributed by atoms with Crippen LogP contribution in [0.4, 0.5) is 30.7 Å². The minimum absolute atomic E-state index is 0.00549. The molecule has 0 spiro atoms. The maximum absolute atomic E-state index is 13.4. The molecule has 0 fully saturated rings. The summed E-state index contributed by atoms with van der Waals surface area (Å²) >= 11 is 0. The van der Waals surface area contributed by atoms with E-state index in [9.17, 15) is 39.2 Å². The highest BCUT2D eigenvalue weighted by Crippen LogP contribution is 2.48. The standard InChI is InChI=1S/C19H14F7N3O2S/c1-32(30,31)13-8-4-11(5-9-13)15-14(10-2-6-12(20)7-3-10)28-16(29-15)17(27,18(21,22)23)19(24,25)26/h2-9H,27H2,1H3,(H,28,29). The van der Waals surface area contributed by atoms with Gasteiger partial charge in [0, 0.05) is 17.4 Å². The Hall–Kier alpha value is -2.93. The molecule has 1 aromatic heterocycles. The normalized spacial score (nSPS) is 13.4. The van der Waals surface area contributed by atoms with Crippen molar-refractivity contribution in [2.75, 3.05) is 6.26 Å². The maximum atomic E-state index is 13.4. The molecule has 0 saturated carbocycles. The van der Waals surface area contributed by atoms with Gasteiger partial charge < -0.3 is 10.7 Å². The van der Waals surface area contributed by atoms with E-state index in [0.29, 0.717) is 0 Å². The molecule has 1 heterocycles. The summed E-state index contributed by atoms with van der Waals surface area (Å²) in [5, 5.41) is 0. The van der Waals surface area contributed by atoms with Crippen LogP contribution in [0.15, 0.2) is 53.4 Å². The summed E-state index contributed by atoms with van der Waals surface area (Å²) < 4.78 is 117. The molecule has 13 heteroatoms. The molecule has 0 atom stereocenters. The number of rotatable bonds is 4. The summed E-state index contributed by atoms with van der Waals surface area (Å²) in [5.41, 5.74) is -0.615. The van der Waals surface area contributed by atoms with Crippen LogP contribution < -0.4 is 5.73 Å². The van der Waals surface area contributed by atoms with Gasteiger partial charge in [0.2, 0.25) is 0 Å². The Balaban J connectivity index is 2.29. The van der Waals surface area contributed by atoms with Crippen molar-refractivity contribution in [3.63, 3.8) is 0 Å². The second-order valence-electron chi connectivity index (χ2n) is 6.92. The molecule has 32 heavy (non-hydrogen) atoms. The highest BCUT2D eigenvalue weighted by Gasteiger charge is 2.71. The number of nitrogens with one attached hydrogen (secondary N) is 1. The van der Waals surface area contributed by atoms with Gasteiger partial charge in [-0.3, -0.25) is 0 Å². The molecule has 3 N–H and O–H groups in total. The molecule has 2 aromatic carbocycles. The summed E-state index contributed by atoms with van der Waals surface area (Å²) in [6.45, 7) is 0. The van der Waals surface area contributed by atoms with Crippen molar-refractivity contribution >= 4 is 9.84 Å². The minimum atomic E-state index is -5.96. The van der Waals surface area contributed by atoms with E-state index in [-0.39, 0.29) is 27.4 Å². The van der Waals surface area contributed by atoms with Crippen molar-refractivity contribution in [2.24, 2.45) is 5.73 Å². The van der Waals surface area contributed by atoms with E-state index < -0.39 is 39.4 Å². The number of halogens is 7. The Morgan fingerprint density at radius 1 is 0.844 bits per heavy atom. The zero-order valence-corrected chi connectivity index (χ0v) is 16.8. The van der Waals surface area contributed by atoms with Gasteiger partial charge >= 0.3 is 12.4 Å². The predicted octanol–water partition coefficient (Wildman–Crippen LogP) is 4.56. The summed E-state index contributed by atoms with van der Waals surface area (Å²) in [6, 6.07) is 8.74. The van der Waals surface area contributed by atoms with E-state index in [1.807, 2.05) is 4.98 Å². The van der Waals surface area contributed by atoms with Crippen LogP contribution in [0.25, 0.3) is 22.5 Å². The number of hydrogen-bond acceptors (Lipinski definition) is 4. The maximum Gasteiger partial charge on any atom is 0.422 e. The number of nitrogens with zero attached hydrogens (tertiary/aromatic N) is 1. The first-order valence-corrected chi connectivity index (χ1v) is 10.5. The van der Waals surface area contributed by atoms with Gasteiger partial charge in [0.05, 0.1) is 16.3 Å². The molecule has 0 aliphatic carbocycles. The molecule has 0 bridgehead atoms. The SMILES string of the molecule is CS(=O)(=O)c1ccc(-c2nc(C(N)(C(F)(F)F)C(F)(F)F)[nH]c2-c2ccc(F)cc2)cc1. The lowest BCUT2D eigenvalue weighted by atomic mass is 9.98. The highest BCUT2D eigenvalue weighted by molar-refractivity contribution is 7.90. The van der Waals surface area contributed by atoms with Gasteiger partial charge in [-0.1, -0.05) is 12.1 Å². The molecule has 3 rings (SSSR count). The zero-order chi connectivity index (χ0) is 24.1. The highest BCUT2D eigenvalue weighted by atomic mass is 32.2. The number of alkyl halides is 6. The molecule has 172 valence electrons. The van der Waals surface area contributed by atoms with Crippen molar-refractivity contribution in [1.82, 2.24) is 9.97 Å². The first-order chi connectivity index (χ1) is 14.6. The average Bonchev–Trinajstić information content (AvgIpc) is 3.11. The number of imidazole rings is 1. The van der Waals surface area contributed by atoms with Gasteiger partial charge in [-0.2, -0.15) is 26.3 Å². The first-order valence-electron chi connectivity index (χ1n) is 8.65. The van der Waals surface area contributed by atoms with Crippen molar-refractivity contribution in [3.05, 3.63) is 60.2 Å². The molecule has 0 saturated heterocycles. The quantitative estimate of drug-likeness (QED) is 0.535. The van der Waals surface area contributed by atoms with Crippen LogP contribution in [-0.4, -0.2) is 37.0 Å². The summed E-state index contributed by atoms with van der Waals surface area (Å²) in [6.07, 6.45) is -11.0. The molecule has 0 unspecified atom stereocenters. The van der Waals surface area contributed by atoms with Crippen molar-refractivity contribution in [1.29, 1.82) is 0 Å². The van der Waals surface area contributed by atoms with E-state index in [1.165, 1.54) is 12.1 Å². The van der Waals surface area contributed by atoms with Gasteiger partial charge in [-0.05, 0) is 36.4 Å². The zero-order valence-electron chi connectivity index (χ0n) is 16.0. The van der Waals surface area contributed by atoms with Gasteiger partial charge in [-0.15, -0.1) is 0 Å². The lowest BCUT2D eigenvalue weighted by molar-refractivity contribution is -0.304. The van der Waals surface area contributed by atoms with E-state index in [0.717, 1.165) is 42.7 Å². The van der Waals surface area contributed by atoms with Gasteiger partial charge in [-0.25, -0.2) is 17.8 Å². The molecule has 0 amide bonds. The number of aromatic amines is 1. The third-order valence-electron chi connectivity index (χ3n) is 4.66. The Kier molecular flexibility index (Phi) is 5.63. The monoisotopic (exact) mass is 481 g/mol. The van der Waals surface area contributed by atoms with Crippen molar-refractivity contribution < 1.29 is 39.2 Å². The van der Waals surface area contributed by atoms with Crippen LogP contribution >= 0.6 is 0 Å². The molecule has 0 aliphatic heterocycles. The average molecular weight is 481 g/mol. The lowest BCUT2D eigenvalue weighted by Crippen LogP contribution is -2.61. The smallest absolute Gasteiger partial charge is 0.339 e. The lowest BCUT2D eigenvalue weighted by Gasteiger charge is -2.31. The van der Waals surface area contributed by atoms with Crippen LogP contribution in [-0.2, 0) is 15.4 Å². The topological polar surface area (TPSA) is 88.8 Å². The first kappa shape index (κ1) is 23.7. The molecule has 3 aromatic rings. The van der Waals surface area contributed by atoms with Crippen LogP contribution in [0.3, 0.4) is 0 Å². The van der Waals surface area contributed by atoms with Gasteiger partial charge in [0.1, 0.15) is 11.6 Å². The Labute approximate surface area is 177 Å². The van der Waals surface area contributed by atoms with Gasteiger partial charge in [0.15, 0.2) is 9.84 Å². The second-order valence-corrected chi connectivity index (χ2v) is 8.93. The minimum Gasteiger partial charge on any atom is -0.339 e. The van der Waals surface area contributed by atoms with E-state index in [4.69, 9.17) is 5.73 Å². The number of H-pyrrole nitrogens is 1. The molecular formula is C19H14F7N3O2S. The fourth-order valence-corrected chi connectivity index (χ4v) is 3.51. The fraction of sp³-hybridized carbons (Fsp3) is 0.211. The van der Waals surface area contributed by atoms with E-state index in [1.54, 1.807) is 0 Å². The Morgan fingerprint density at radius 2 is 1.31 bits per heavy atom. The fourth-order valence-electron chi connectivity index (χ4n) is 2.88. The van der Waals surface area contributed by atoms with Crippen molar-refractivity contribution in [3.8, 4) is 22.5 Å². The number of sulfone groups is 1. The van der Waals surface area contributed by atoms with Crippen LogP contribution in [0.2, 0.25) is 0 Å².